The van der Waals surface area contributed by atoms with Crippen LogP contribution in [-0.2, 0) is 0 Å². The first kappa shape index (κ1) is 11.5. The van der Waals surface area contributed by atoms with Gasteiger partial charge in [-0.05, 0) is 18.2 Å². The second-order valence-electron chi connectivity index (χ2n) is 3.64. The van der Waals surface area contributed by atoms with E-state index in [1.807, 2.05) is 29.6 Å². The Morgan fingerprint density at radius 3 is 2.83 bits per heavy atom. The van der Waals surface area contributed by atoms with E-state index >= 15 is 0 Å². The topological polar surface area (TPSA) is 38.7 Å². The third-order valence-electron chi connectivity index (χ3n) is 2.43. The van der Waals surface area contributed by atoms with Gasteiger partial charge in [-0.25, -0.2) is 15.0 Å². The van der Waals surface area contributed by atoms with Gasteiger partial charge in [-0.2, -0.15) is 0 Å². The van der Waals surface area contributed by atoms with Crippen molar-refractivity contribution in [3.63, 3.8) is 0 Å². The lowest BCUT2D eigenvalue weighted by Gasteiger charge is -1.97. The van der Waals surface area contributed by atoms with Crippen LogP contribution >= 0.6 is 27.3 Å². The second-order valence-corrected chi connectivity index (χ2v) is 5.42. The highest BCUT2D eigenvalue weighted by Gasteiger charge is 2.07. The van der Waals surface area contributed by atoms with Crippen LogP contribution in [-0.4, -0.2) is 15.0 Å². The van der Waals surface area contributed by atoms with Gasteiger partial charge in [-0.15, -0.1) is 11.3 Å². The van der Waals surface area contributed by atoms with E-state index in [0.717, 1.165) is 26.4 Å². The van der Waals surface area contributed by atoms with Crippen LogP contribution in [0.2, 0.25) is 0 Å². The maximum absolute atomic E-state index is 4.60. The standard InChI is InChI=1S/C13H8BrN3S/c14-10-3-1-2-9(6-10)12-7-18-13(17-12)11-4-5-15-8-16-11/h1-8H. The number of hydrogen-bond donors (Lipinski definition) is 0. The van der Waals surface area contributed by atoms with Gasteiger partial charge in [0.25, 0.3) is 0 Å². The van der Waals surface area contributed by atoms with E-state index in [-0.39, 0.29) is 0 Å². The van der Waals surface area contributed by atoms with Gasteiger partial charge in [0.2, 0.25) is 0 Å². The number of hydrogen-bond acceptors (Lipinski definition) is 4. The molecule has 0 aliphatic rings. The minimum Gasteiger partial charge on any atom is -0.245 e. The summed E-state index contributed by atoms with van der Waals surface area (Å²) in [5.41, 5.74) is 2.92. The molecular formula is C13H8BrN3S. The van der Waals surface area contributed by atoms with Gasteiger partial charge in [0.15, 0.2) is 0 Å². The van der Waals surface area contributed by atoms with Crippen molar-refractivity contribution in [1.82, 2.24) is 15.0 Å². The normalized spacial score (nSPS) is 10.5. The van der Waals surface area contributed by atoms with Crippen LogP contribution in [0.1, 0.15) is 0 Å². The molecule has 88 valence electrons. The molecule has 0 aliphatic carbocycles. The lowest BCUT2D eigenvalue weighted by molar-refractivity contribution is 1.16. The van der Waals surface area contributed by atoms with Gasteiger partial charge in [0.05, 0.1) is 5.69 Å². The largest absolute Gasteiger partial charge is 0.245 e. The minimum atomic E-state index is 0.858. The highest BCUT2D eigenvalue weighted by atomic mass is 79.9. The fraction of sp³-hybridized carbons (Fsp3) is 0. The fourth-order valence-corrected chi connectivity index (χ4v) is 2.79. The van der Waals surface area contributed by atoms with E-state index in [9.17, 15) is 0 Å². The summed E-state index contributed by atoms with van der Waals surface area (Å²) in [6.07, 6.45) is 3.26. The Morgan fingerprint density at radius 2 is 2.06 bits per heavy atom. The molecule has 0 amide bonds. The number of benzene rings is 1. The summed E-state index contributed by atoms with van der Waals surface area (Å²) in [6.45, 7) is 0. The van der Waals surface area contributed by atoms with Crippen molar-refractivity contribution in [2.75, 3.05) is 0 Å². The number of aromatic nitrogens is 3. The molecule has 0 fully saturated rings. The maximum atomic E-state index is 4.60. The van der Waals surface area contributed by atoms with Crippen molar-refractivity contribution < 1.29 is 0 Å². The molecule has 3 rings (SSSR count). The first-order valence-corrected chi connectivity index (χ1v) is 6.98. The summed E-state index contributed by atoms with van der Waals surface area (Å²) in [4.78, 5) is 12.7. The van der Waals surface area contributed by atoms with Gasteiger partial charge >= 0.3 is 0 Å². The quantitative estimate of drug-likeness (QED) is 0.716. The predicted molar refractivity (Wildman–Crippen MR) is 76.3 cm³/mol. The van der Waals surface area contributed by atoms with Crippen LogP contribution in [0, 0.1) is 0 Å². The molecule has 0 unspecified atom stereocenters. The van der Waals surface area contributed by atoms with Crippen LogP contribution in [0.3, 0.4) is 0 Å². The lowest BCUT2D eigenvalue weighted by atomic mass is 10.2. The summed E-state index contributed by atoms with van der Waals surface area (Å²) < 4.78 is 1.05. The van der Waals surface area contributed by atoms with Crippen molar-refractivity contribution in [1.29, 1.82) is 0 Å². The molecule has 1 aromatic carbocycles. The Balaban J connectivity index is 2.00. The zero-order valence-corrected chi connectivity index (χ0v) is 11.6. The Labute approximate surface area is 117 Å². The number of rotatable bonds is 2. The summed E-state index contributed by atoms with van der Waals surface area (Å²) in [7, 11) is 0. The van der Waals surface area contributed by atoms with Crippen molar-refractivity contribution in [2.24, 2.45) is 0 Å². The number of thiazole rings is 1. The van der Waals surface area contributed by atoms with E-state index in [0.29, 0.717) is 0 Å². The van der Waals surface area contributed by atoms with Crippen LogP contribution in [0.5, 0.6) is 0 Å². The van der Waals surface area contributed by atoms with E-state index in [2.05, 4.69) is 36.9 Å². The van der Waals surface area contributed by atoms with Crippen molar-refractivity contribution in [3.05, 3.63) is 52.7 Å². The van der Waals surface area contributed by atoms with E-state index in [1.54, 1.807) is 17.5 Å². The second kappa shape index (κ2) is 4.96. The van der Waals surface area contributed by atoms with Crippen LogP contribution < -0.4 is 0 Å². The first-order valence-electron chi connectivity index (χ1n) is 5.31. The zero-order valence-electron chi connectivity index (χ0n) is 9.25. The molecule has 2 heterocycles. The SMILES string of the molecule is Brc1cccc(-c2csc(-c3ccncn3)n2)c1. The first-order chi connectivity index (χ1) is 8.83. The molecule has 3 nitrogen and oxygen atoms in total. The Bertz CT molecular complexity index is 667. The summed E-state index contributed by atoms with van der Waals surface area (Å²) >= 11 is 5.05. The summed E-state index contributed by atoms with van der Waals surface area (Å²) in [5.74, 6) is 0. The van der Waals surface area contributed by atoms with Crippen molar-refractivity contribution in [2.45, 2.75) is 0 Å². The number of nitrogens with zero attached hydrogens (tertiary/aromatic N) is 3. The van der Waals surface area contributed by atoms with Crippen molar-refractivity contribution >= 4 is 27.3 Å². The Hall–Kier alpha value is -1.59. The minimum absolute atomic E-state index is 0.858. The molecule has 0 aliphatic heterocycles. The molecule has 3 aromatic rings. The van der Waals surface area contributed by atoms with Gasteiger partial charge in [0.1, 0.15) is 17.0 Å². The monoisotopic (exact) mass is 317 g/mol. The third-order valence-corrected chi connectivity index (χ3v) is 3.78. The van der Waals surface area contributed by atoms with E-state index in [1.165, 1.54) is 6.33 Å². The molecule has 0 atom stereocenters. The van der Waals surface area contributed by atoms with Gasteiger partial charge in [-0.1, -0.05) is 28.1 Å². The molecule has 18 heavy (non-hydrogen) atoms. The Kier molecular flexibility index (Phi) is 3.17. The third kappa shape index (κ3) is 2.32. The zero-order chi connectivity index (χ0) is 12.4. The fourth-order valence-electron chi connectivity index (χ4n) is 1.59. The van der Waals surface area contributed by atoms with Crippen LogP contribution in [0.15, 0.2) is 52.7 Å². The van der Waals surface area contributed by atoms with Gasteiger partial charge < -0.3 is 0 Å². The molecule has 5 heteroatoms. The van der Waals surface area contributed by atoms with E-state index in [4.69, 9.17) is 0 Å². The number of halogens is 1. The molecule has 0 spiro atoms. The smallest absolute Gasteiger partial charge is 0.142 e. The molecule has 0 bridgehead atoms. The molecule has 0 saturated heterocycles. The highest BCUT2D eigenvalue weighted by Crippen LogP contribution is 2.28. The Morgan fingerprint density at radius 1 is 1.11 bits per heavy atom. The summed E-state index contributed by atoms with van der Waals surface area (Å²) in [6, 6.07) is 9.97. The summed E-state index contributed by atoms with van der Waals surface area (Å²) in [5, 5.41) is 2.95. The average Bonchev–Trinajstić information content (AvgIpc) is 2.89. The maximum Gasteiger partial charge on any atom is 0.142 e. The van der Waals surface area contributed by atoms with Crippen LogP contribution in [0.4, 0.5) is 0 Å². The highest BCUT2D eigenvalue weighted by molar-refractivity contribution is 9.10. The van der Waals surface area contributed by atoms with E-state index < -0.39 is 0 Å². The molecular weight excluding hydrogens is 310 g/mol. The molecule has 0 radical (unpaired) electrons. The molecule has 0 N–H and O–H groups in total. The molecule has 0 saturated carbocycles. The van der Waals surface area contributed by atoms with Gasteiger partial charge in [-0.3, -0.25) is 0 Å². The lowest BCUT2D eigenvalue weighted by Crippen LogP contribution is -1.83. The molecule has 2 aromatic heterocycles. The van der Waals surface area contributed by atoms with Crippen molar-refractivity contribution in [3.8, 4) is 22.0 Å². The van der Waals surface area contributed by atoms with Crippen LogP contribution in [0.25, 0.3) is 22.0 Å². The average molecular weight is 318 g/mol. The van der Waals surface area contributed by atoms with Gasteiger partial charge in [0, 0.05) is 21.6 Å². The predicted octanol–water partition coefficient (Wildman–Crippen LogP) is 4.03.